The van der Waals surface area contributed by atoms with Gasteiger partial charge in [-0.1, -0.05) is 32.1 Å². The first-order valence-electron chi connectivity index (χ1n) is 14.2. The third-order valence-electron chi connectivity index (χ3n) is 7.73. The number of nitrogens with one attached hydrogen (secondary N) is 4. The molecule has 0 radical (unpaired) electrons. The molecule has 222 valence electrons. The first-order valence-corrected chi connectivity index (χ1v) is 15.1. The van der Waals surface area contributed by atoms with E-state index in [1.165, 1.54) is 17.5 Å². The second kappa shape index (κ2) is 16.4. The molecule has 2 fully saturated rings. The summed E-state index contributed by atoms with van der Waals surface area (Å²) < 4.78 is 0. The van der Waals surface area contributed by atoms with Crippen molar-refractivity contribution in [2.75, 3.05) is 19.6 Å². The predicted molar refractivity (Wildman–Crippen MR) is 150 cm³/mol. The molecule has 13 heteroatoms. The molecule has 1 aliphatic heterocycles. The van der Waals surface area contributed by atoms with Gasteiger partial charge in [0.15, 0.2) is 5.01 Å². The van der Waals surface area contributed by atoms with Gasteiger partial charge in [-0.3, -0.25) is 29.3 Å². The number of primary amides is 1. The highest BCUT2D eigenvalue weighted by atomic mass is 32.1. The number of carboxylic acid groups (broad SMARTS) is 1. The minimum Gasteiger partial charge on any atom is -0.480 e. The molecule has 2 aliphatic rings. The maximum atomic E-state index is 13.5. The smallest absolute Gasteiger partial charge is 0.317 e. The third-order valence-corrected chi connectivity index (χ3v) is 8.51. The molecule has 0 aromatic carbocycles. The van der Waals surface area contributed by atoms with Crippen LogP contribution in [0.1, 0.15) is 80.4 Å². The van der Waals surface area contributed by atoms with Crippen molar-refractivity contribution >= 4 is 40.8 Å². The van der Waals surface area contributed by atoms with Crippen LogP contribution in [0.4, 0.5) is 0 Å². The second-order valence-electron chi connectivity index (χ2n) is 10.8. The minimum atomic E-state index is -1.12. The van der Waals surface area contributed by atoms with Gasteiger partial charge in [0.2, 0.25) is 23.5 Å². The minimum absolute atomic E-state index is 0.0481. The number of aliphatic carboxylic acids is 1. The molecule has 2 heterocycles. The number of nitrogens with two attached hydrogens (primary N) is 1. The Morgan fingerprint density at radius 1 is 0.950 bits per heavy atom. The number of piperidine rings is 1. The number of carbonyl (C=O) groups excluding carboxylic acids is 4. The van der Waals surface area contributed by atoms with E-state index < -0.39 is 48.4 Å². The molecule has 1 unspecified atom stereocenters. The van der Waals surface area contributed by atoms with Gasteiger partial charge in [-0.25, -0.2) is 4.98 Å². The molecular formula is C27H42N6O6S. The highest BCUT2D eigenvalue weighted by molar-refractivity contribution is 7.11. The van der Waals surface area contributed by atoms with Gasteiger partial charge in [-0.15, -0.1) is 11.3 Å². The summed E-state index contributed by atoms with van der Waals surface area (Å²) in [6, 6.07) is -2.77. The summed E-state index contributed by atoms with van der Waals surface area (Å²) in [5.74, 6) is -2.61. The van der Waals surface area contributed by atoms with Crippen molar-refractivity contribution in [1.82, 2.24) is 26.3 Å². The first-order chi connectivity index (χ1) is 19.2. The number of rotatable bonds is 16. The lowest BCUT2D eigenvalue weighted by Crippen LogP contribution is -2.56. The zero-order valence-electron chi connectivity index (χ0n) is 22.9. The Bertz CT molecular complexity index is 994. The number of hydrogen-bond donors (Lipinski definition) is 6. The number of carbonyl (C=O) groups is 5. The molecule has 1 aliphatic carbocycles. The summed E-state index contributed by atoms with van der Waals surface area (Å²) in [6.07, 6.45) is 9.16. The van der Waals surface area contributed by atoms with Crippen molar-refractivity contribution in [3.8, 4) is 0 Å². The molecule has 3 atom stereocenters. The Morgan fingerprint density at radius 3 is 2.20 bits per heavy atom. The Morgan fingerprint density at radius 2 is 1.57 bits per heavy atom. The van der Waals surface area contributed by atoms with Gasteiger partial charge in [0.25, 0.3) is 0 Å². The van der Waals surface area contributed by atoms with Crippen LogP contribution in [-0.4, -0.2) is 77.3 Å². The fourth-order valence-electron chi connectivity index (χ4n) is 5.53. The Kier molecular flexibility index (Phi) is 13.0. The van der Waals surface area contributed by atoms with Gasteiger partial charge in [-0.2, -0.15) is 0 Å². The molecule has 1 saturated heterocycles. The molecule has 1 aromatic rings. The molecule has 3 amide bonds. The van der Waals surface area contributed by atoms with Gasteiger partial charge in [0.05, 0.1) is 18.6 Å². The van der Waals surface area contributed by atoms with Crippen molar-refractivity contribution in [3.63, 3.8) is 0 Å². The van der Waals surface area contributed by atoms with Crippen LogP contribution in [0.25, 0.3) is 0 Å². The van der Waals surface area contributed by atoms with E-state index in [-0.39, 0.29) is 30.5 Å². The van der Waals surface area contributed by atoms with Gasteiger partial charge in [-0.05, 0) is 57.0 Å². The highest BCUT2D eigenvalue weighted by Gasteiger charge is 2.33. The summed E-state index contributed by atoms with van der Waals surface area (Å²) in [6.45, 7) is 1.27. The van der Waals surface area contributed by atoms with E-state index in [0.717, 1.165) is 58.0 Å². The summed E-state index contributed by atoms with van der Waals surface area (Å²) in [5, 5.41) is 22.8. The van der Waals surface area contributed by atoms with Crippen molar-refractivity contribution in [1.29, 1.82) is 0 Å². The standard InChI is InChI=1S/C27H42N6O6S/c28-22(34)7-6-19(32-26(39)21(31-16-23(35)36)15-17-4-2-1-3-5-17)25(38)33-20(14-18-8-10-29-11-9-18)24(37)27-30-12-13-40-27/h12-13,17-21,29,31H,1-11,14-16H2,(H2,28,34)(H,32,39)(H,33,38)(H,35,36)/t19-,20?,21+/m0/s1. The summed E-state index contributed by atoms with van der Waals surface area (Å²) in [4.78, 5) is 67.1. The van der Waals surface area contributed by atoms with E-state index in [1.54, 1.807) is 5.38 Å². The molecule has 1 saturated carbocycles. The van der Waals surface area contributed by atoms with E-state index in [9.17, 15) is 29.1 Å². The number of hydrogen-bond acceptors (Lipinski definition) is 9. The molecular weight excluding hydrogens is 536 g/mol. The van der Waals surface area contributed by atoms with Crippen LogP contribution in [0.3, 0.4) is 0 Å². The fourth-order valence-corrected chi connectivity index (χ4v) is 6.16. The number of nitrogens with zero attached hydrogens (tertiary/aromatic N) is 1. The lowest BCUT2D eigenvalue weighted by molar-refractivity contribution is -0.137. The predicted octanol–water partition coefficient (Wildman–Crippen LogP) is 0.964. The fraction of sp³-hybridized carbons (Fsp3) is 0.704. The number of ketones is 1. The largest absolute Gasteiger partial charge is 0.480 e. The van der Waals surface area contributed by atoms with Crippen LogP contribution in [0, 0.1) is 11.8 Å². The molecule has 0 spiro atoms. The van der Waals surface area contributed by atoms with Crippen LogP contribution in [0.15, 0.2) is 11.6 Å². The lowest BCUT2D eigenvalue weighted by Gasteiger charge is -2.29. The van der Waals surface area contributed by atoms with E-state index in [2.05, 4.69) is 26.3 Å². The molecule has 40 heavy (non-hydrogen) atoms. The molecule has 3 rings (SSSR count). The number of thiazole rings is 1. The van der Waals surface area contributed by atoms with E-state index in [4.69, 9.17) is 5.73 Å². The molecule has 1 aromatic heterocycles. The van der Waals surface area contributed by atoms with Crippen LogP contribution in [-0.2, 0) is 19.2 Å². The number of Topliss-reactive ketones (excluding diaryl/α,β-unsaturated/α-hetero) is 1. The molecule has 12 nitrogen and oxygen atoms in total. The Labute approximate surface area is 238 Å². The average molecular weight is 579 g/mol. The quantitative estimate of drug-likeness (QED) is 0.155. The van der Waals surface area contributed by atoms with Gasteiger partial charge in [0, 0.05) is 18.0 Å². The van der Waals surface area contributed by atoms with Crippen LogP contribution >= 0.6 is 11.3 Å². The second-order valence-corrected chi connectivity index (χ2v) is 11.7. The Balaban J connectivity index is 1.74. The van der Waals surface area contributed by atoms with Crippen molar-refractivity contribution in [2.24, 2.45) is 17.6 Å². The monoisotopic (exact) mass is 578 g/mol. The van der Waals surface area contributed by atoms with Gasteiger partial charge >= 0.3 is 5.97 Å². The normalized spacial score (nSPS) is 18.8. The maximum absolute atomic E-state index is 13.5. The zero-order valence-corrected chi connectivity index (χ0v) is 23.7. The maximum Gasteiger partial charge on any atom is 0.317 e. The Hall–Kier alpha value is -2.90. The van der Waals surface area contributed by atoms with Crippen LogP contribution < -0.4 is 27.0 Å². The number of amides is 3. The van der Waals surface area contributed by atoms with Crippen molar-refractivity contribution in [2.45, 2.75) is 88.8 Å². The molecule has 7 N–H and O–H groups in total. The average Bonchev–Trinajstić information content (AvgIpc) is 3.48. The van der Waals surface area contributed by atoms with Gasteiger partial charge < -0.3 is 26.8 Å². The highest BCUT2D eigenvalue weighted by Crippen LogP contribution is 2.27. The summed E-state index contributed by atoms with van der Waals surface area (Å²) in [7, 11) is 0. The lowest BCUT2D eigenvalue weighted by atomic mass is 9.84. The first kappa shape index (κ1) is 31.6. The number of carboxylic acids is 1. The summed E-state index contributed by atoms with van der Waals surface area (Å²) in [5.41, 5.74) is 5.35. The molecule has 0 bridgehead atoms. The topological polar surface area (TPSA) is 193 Å². The van der Waals surface area contributed by atoms with Crippen molar-refractivity contribution < 1.29 is 29.1 Å². The third kappa shape index (κ3) is 10.6. The number of aromatic nitrogens is 1. The SMILES string of the molecule is NC(=O)CC[C@H](NC(=O)[C@@H](CC1CCCCC1)NCC(=O)O)C(=O)NC(CC1CCNCC1)C(=O)c1nccs1. The summed E-state index contributed by atoms with van der Waals surface area (Å²) >= 11 is 1.20. The van der Waals surface area contributed by atoms with Gasteiger partial charge in [0.1, 0.15) is 6.04 Å². The van der Waals surface area contributed by atoms with Crippen molar-refractivity contribution in [3.05, 3.63) is 16.6 Å². The van der Waals surface area contributed by atoms with Crippen LogP contribution in [0.5, 0.6) is 0 Å². The van der Waals surface area contributed by atoms with E-state index >= 15 is 0 Å². The van der Waals surface area contributed by atoms with E-state index in [1.807, 2.05) is 0 Å². The van der Waals surface area contributed by atoms with E-state index in [0.29, 0.717) is 17.8 Å². The van der Waals surface area contributed by atoms with Crippen LogP contribution in [0.2, 0.25) is 0 Å². The zero-order chi connectivity index (χ0) is 28.9.